The summed E-state index contributed by atoms with van der Waals surface area (Å²) in [6.45, 7) is 4.46. The standard InChI is InChI=1S/C11H16N2O2/c1-3-15-8-11(14)13-9(2)10-4-6-12-7-5-10/h4-7,9H,3,8H2,1-2H3,(H,13,14). The number of carbonyl (C=O) groups is 1. The van der Waals surface area contributed by atoms with E-state index < -0.39 is 0 Å². The fourth-order valence-electron chi connectivity index (χ4n) is 1.21. The number of nitrogens with one attached hydrogen (secondary N) is 1. The van der Waals surface area contributed by atoms with Crippen molar-refractivity contribution in [1.82, 2.24) is 10.3 Å². The van der Waals surface area contributed by atoms with Gasteiger partial charge in [0.05, 0.1) is 6.04 Å². The SMILES string of the molecule is CCOCC(=O)NC(C)c1ccncc1. The zero-order chi connectivity index (χ0) is 11.1. The molecule has 0 aliphatic carbocycles. The van der Waals surface area contributed by atoms with Gasteiger partial charge < -0.3 is 10.1 Å². The van der Waals surface area contributed by atoms with Crippen LogP contribution in [0.2, 0.25) is 0 Å². The molecular weight excluding hydrogens is 192 g/mol. The van der Waals surface area contributed by atoms with Gasteiger partial charge in [-0.05, 0) is 31.5 Å². The summed E-state index contributed by atoms with van der Waals surface area (Å²) >= 11 is 0. The average molecular weight is 208 g/mol. The number of pyridine rings is 1. The van der Waals surface area contributed by atoms with Crippen LogP contribution in [-0.4, -0.2) is 24.1 Å². The van der Waals surface area contributed by atoms with Crippen LogP contribution in [0.5, 0.6) is 0 Å². The molecule has 1 aromatic rings. The van der Waals surface area contributed by atoms with Crippen LogP contribution in [0.4, 0.5) is 0 Å². The second-order valence-corrected chi connectivity index (χ2v) is 3.21. The van der Waals surface area contributed by atoms with E-state index in [1.807, 2.05) is 26.0 Å². The number of amides is 1. The second-order valence-electron chi connectivity index (χ2n) is 3.21. The summed E-state index contributed by atoms with van der Waals surface area (Å²) < 4.78 is 5.01. The van der Waals surface area contributed by atoms with Crippen molar-refractivity contribution in [3.05, 3.63) is 30.1 Å². The minimum absolute atomic E-state index is 0.0130. The van der Waals surface area contributed by atoms with E-state index in [0.29, 0.717) is 6.61 Å². The molecule has 4 heteroatoms. The van der Waals surface area contributed by atoms with E-state index in [4.69, 9.17) is 4.74 Å². The van der Waals surface area contributed by atoms with E-state index in [2.05, 4.69) is 10.3 Å². The van der Waals surface area contributed by atoms with Crippen molar-refractivity contribution >= 4 is 5.91 Å². The number of nitrogens with zero attached hydrogens (tertiary/aromatic N) is 1. The lowest BCUT2D eigenvalue weighted by Gasteiger charge is -2.13. The van der Waals surface area contributed by atoms with Crippen molar-refractivity contribution < 1.29 is 9.53 Å². The predicted molar refractivity (Wildman–Crippen MR) is 57.3 cm³/mol. The molecule has 1 amide bonds. The first kappa shape index (κ1) is 11.7. The van der Waals surface area contributed by atoms with E-state index in [1.165, 1.54) is 0 Å². The highest BCUT2D eigenvalue weighted by molar-refractivity contribution is 5.77. The largest absolute Gasteiger partial charge is 0.372 e. The van der Waals surface area contributed by atoms with Crippen LogP contribution in [0, 0.1) is 0 Å². The zero-order valence-electron chi connectivity index (χ0n) is 9.06. The minimum Gasteiger partial charge on any atom is -0.372 e. The van der Waals surface area contributed by atoms with Gasteiger partial charge in [-0.15, -0.1) is 0 Å². The van der Waals surface area contributed by atoms with Crippen molar-refractivity contribution in [2.45, 2.75) is 19.9 Å². The lowest BCUT2D eigenvalue weighted by molar-refractivity contribution is -0.126. The third-order valence-corrected chi connectivity index (χ3v) is 2.02. The van der Waals surface area contributed by atoms with Crippen molar-refractivity contribution in [2.75, 3.05) is 13.2 Å². The van der Waals surface area contributed by atoms with Crippen molar-refractivity contribution in [3.8, 4) is 0 Å². The topological polar surface area (TPSA) is 51.2 Å². The van der Waals surface area contributed by atoms with Gasteiger partial charge in [-0.3, -0.25) is 9.78 Å². The van der Waals surface area contributed by atoms with E-state index in [1.54, 1.807) is 12.4 Å². The first-order valence-electron chi connectivity index (χ1n) is 5.01. The third kappa shape index (κ3) is 4.08. The summed E-state index contributed by atoms with van der Waals surface area (Å²) in [7, 11) is 0. The fraction of sp³-hybridized carbons (Fsp3) is 0.455. The lowest BCUT2D eigenvalue weighted by atomic mass is 10.1. The van der Waals surface area contributed by atoms with E-state index in [0.717, 1.165) is 5.56 Å². The van der Waals surface area contributed by atoms with Gasteiger partial charge in [-0.2, -0.15) is 0 Å². The van der Waals surface area contributed by atoms with E-state index in [-0.39, 0.29) is 18.6 Å². The van der Waals surface area contributed by atoms with Crippen LogP contribution in [0.25, 0.3) is 0 Å². The Morgan fingerprint density at radius 3 is 2.80 bits per heavy atom. The summed E-state index contributed by atoms with van der Waals surface area (Å²) in [6, 6.07) is 3.75. The molecule has 0 saturated carbocycles. The molecule has 0 aliphatic heterocycles. The first-order chi connectivity index (χ1) is 7.24. The van der Waals surface area contributed by atoms with Crippen LogP contribution in [-0.2, 0) is 9.53 Å². The van der Waals surface area contributed by atoms with Crippen molar-refractivity contribution in [1.29, 1.82) is 0 Å². The summed E-state index contributed by atoms with van der Waals surface area (Å²) in [5.74, 6) is -0.0961. The molecule has 1 rings (SSSR count). The van der Waals surface area contributed by atoms with Gasteiger partial charge in [0, 0.05) is 19.0 Å². The number of rotatable bonds is 5. The molecule has 0 aromatic carbocycles. The molecule has 4 nitrogen and oxygen atoms in total. The highest BCUT2D eigenvalue weighted by Crippen LogP contribution is 2.09. The Morgan fingerprint density at radius 1 is 1.53 bits per heavy atom. The maximum Gasteiger partial charge on any atom is 0.246 e. The quantitative estimate of drug-likeness (QED) is 0.793. The number of hydrogen-bond donors (Lipinski definition) is 1. The molecule has 1 N–H and O–H groups in total. The summed E-state index contributed by atoms with van der Waals surface area (Å²) in [4.78, 5) is 15.3. The van der Waals surface area contributed by atoms with Gasteiger partial charge in [0.25, 0.3) is 0 Å². The van der Waals surface area contributed by atoms with Crippen LogP contribution >= 0.6 is 0 Å². The lowest BCUT2D eigenvalue weighted by Crippen LogP contribution is -2.30. The van der Waals surface area contributed by atoms with E-state index in [9.17, 15) is 4.79 Å². The molecule has 0 radical (unpaired) electrons. The van der Waals surface area contributed by atoms with Gasteiger partial charge in [0.1, 0.15) is 6.61 Å². The molecule has 1 unspecified atom stereocenters. The third-order valence-electron chi connectivity index (χ3n) is 2.02. The van der Waals surface area contributed by atoms with Crippen LogP contribution in [0.3, 0.4) is 0 Å². The summed E-state index contributed by atoms with van der Waals surface area (Å²) in [5.41, 5.74) is 1.04. The number of aromatic nitrogens is 1. The van der Waals surface area contributed by atoms with Crippen LogP contribution in [0.1, 0.15) is 25.5 Å². The van der Waals surface area contributed by atoms with E-state index >= 15 is 0 Å². The van der Waals surface area contributed by atoms with Crippen molar-refractivity contribution in [3.63, 3.8) is 0 Å². The Bertz CT molecular complexity index is 301. The molecule has 0 bridgehead atoms. The minimum atomic E-state index is -0.0961. The molecule has 0 aliphatic rings. The average Bonchev–Trinajstić information content (AvgIpc) is 2.27. The maximum absolute atomic E-state index is 11.3. The van der Waals surface area contributed by atoms with Gasteiger partial charge >= 0.3 is 0 Å². The van der Waals surface area contributed by atoms with Crippen LogP contribution in [0.15, 0.2) is 24.5 Å². The Morgan fingerprint density at radius 2 is 2.20 bits per heavy atom. The highest BCUT2D eigenvalue weighted by atomic mass is 16.5. The Labute approximate surface area is 89.7 Å². The van der Waals surface area contributed by atoms with Gasteiger partial charge in [0.2, 0.25) is 5.91 Å². The Hall–Kier alpha value is -1.42. The van der Waals surface area contributed by atoms with Gasteiger partial charge in [-0.1, -0.05) is 0 Å². The zero-order valence-corrected chi connectivity index (χ0v) is 9.06. The summed E-state index contributed by atoms with van der Waals surface area (Å²) in [5, 5.41) is 2.84. The molecule has 82 valence electrons. The molecule has 1 heterocycles. The first-order valence-corrected chi connectivity index (χ1v) is 5.01. The second kappa shape index (κ2) is 6.14. The summed E-state index contributed by atoms with van der Waals surface area (Å²) in [6.07, 6.45) is 3.42. The molecule has 0 fully saturated rings. The number of hydrogen-bond acceptors (Lipinski definition) is 3. The Balaban J connectivity index is 2.42. The number of carbonyl (C=O) groups excluding carboxylic acids is 1. The predicted octanol–water partition coefficient (Wildman–Crippen LogP) is 1.30. The normalized spacial score (nSPS) is 12.1. The van der Waals surface area contributed by atoms with Crippen molar-refractivity contribution in [2.24, 2.45) is 0 Å². The maximum atomic E-state index is 11.3. The smallest absolute Gasteiger partial charge is 0.246 e. The monoisotopic (exact) mass is 208 g/mol. The molecule has 0 spiro atoms. The van der Waals surface area contributed by atoms with Gasteiger partial charge in [0.15, 0.2) is 0 Å². The number of ether oxygens (including phenoxy) is 1. The molecule has 0 saturated heterocycles. The molecular formula is C11H16N2O2. The molecule has 1 atom stereocenters. The molecule has 15 heavy (non-hydrogen) atoms. The Kier molecular flexibility index (Phi) is 4.77. The molecule has 1 aromatic heterocycles. The van der Waals surface area contributed by atoms with Gasteiger partial charge in [-0.25, -0.2) is 0 Å². The van der Waals surface area contributed by atoms with Crippen LogP contribution < -0.4 is 5.32 Å². The fourth-order valence-corrected chi connectivity index (χ4v) is 1.21. The highest BCUT2D eigenvalue weighted by Gasteiger charge is 2.08.